The number of pyridine rings is 1. The van der Waals surface area contributed by atoms with Crippen molar-refractivity contribution in [2.45, 2.75) is 6.18 Å². The number of carbonyl (C=O) groups excluding carboxylic acids is 1. The monoisotopic (exact) mass is 378 g/mol. The number of rotatable bonds is 4. The van der Waals surface area contributed by atoms with E-state index in [2.05, 4.69) is 20.5 Å². The van der Waals surface area contributed by atoms with Crippen LogP contribution >= 0.6 is 0 Å². The van der Waals surface area contributed by atoms with E-state index in [1.165, 1.54) is 26.4 Å². The van der Waals surface area contributed by atoms with Gasteiger partial charge in [0.2, 0.25) is 11.8 Å². The van der Waals surface area contributed by atoms with Crippen LogP contribution in [0.1, 0.15) is 15.9 Å². The Hall–Kier alpha value is -3.43. The molecule has 7 nitrogen and oxygen atoms in total. The summed E-state index contributed by atoms with van der Waals surface area (Å²) in [6, 6.07) is 6.12. The molecule has 3 aromatic rings. The highest BCUT2D eigenvalue weighted by molar-refractivity contribution is 6.07. The first-order valence-electron chi connectivity index (χ1n) is 7.56. The molecule has 0 radical (unpaired) electrons. The van der Waals surface area contributed by atoms with Gasteiger partial charge in [0.1, 0.15) is 5.82 Å². The van der Waals surface area contributed by atoms with Gasteiger partial charge in [-0.1, -0.05) is 0 Å². The maximum absolute atomic E-state index is 12.8. The van der Waals surface area contributed by atoms with Crippen LogP contribution in [0.5, 0.6) is 11.8 Å². The third-order valence-corrected chi connectivity index (χ3v) is 3.69. The molecule has 10 heteroatoms. The highest BCUT2D eigenvalue weighted by atomic mass is 19.4. The predicted octanol–water partition coefficient (Wildman–Crippen LogP) is 3.31. The van der Waals surface area contributed by atoms with Crippen LogP contribution in [0.2, 0.25) is 0 Å². The fourth-order valence-electron chi connectivity index (χ4n) is 2.41. The standard InChI is InChI=1S/C17H13F3N4O3/c1-26-15-11-4-3-9(7-12(11)16(27-2)24-23-15)14(25)22-13-8-10(5-6-21-13)17(18,19)20/h3-8H,1-2H3,(H,21,22,25). The Kier molecular flexibility index (Phi) is 4.80. The van der Waals surface area contributed by atoms with Crippen LogP contribution < -0.4 is 14.8 Å². The Bertz CT molecular complexity index is 1010. The molecule has 1 aromatic carbocycles. The molecule has 3 rings (SSSR count). The molecular formula is C17H13F3N4O3. The zero-order valence-electron chi connectivity index (χ0n) is 14.2. The summed E-state index contributed by atoms with van der Waals surface area (Å²) >= 11 is 0. The predicted molar refractivity (Wildman–Crippen MR) is 89.8 cm³/mol. The van der Waals surface area contributed by atoms with E-state index in [1.807, 2.05) is 0 Å². The Labute approximate surface area is 151 Å². The summed E-state index contributed by atoms with van der Waals surface area (Å²) in [6.07, 6.45) is -3.56. The topological polar surface area (TPSA) is 86.2 Å². The Morgan fingerprint density at radius 3 is 2.30 bits per heavy atom. The van der Waals surface area contributed by atoms with Crippen LogP contribution in [-0.2, 0) is 6.18 Å². The lowest BCUT2D eigenvalue weighted by molar-refractivity contribution is -0.137. The number of hydrogen-bond donors (Lipinski definition) is 1. The molecule has 0 unspecified atom stereocenters. The molecule has 0 saturated carbocycles. The SMILES string of the molecule is COc1nnc(OC)c2cc(C(=O)Nc3cc(C(F)(F)F)ccn3)ccc12. The van der Waals surface area contributed by atoms with E-state index >= 15 is 0 Å². The van der Waals surface area contributed by atoms with Crippen molar-refractivity contribution in [3.63, 3.8) is 0 Å². The van der Waals surface area contributed by atoms with E-state index in [-0.39, 0.29) is 23.1 Å². The van der Waals surface area contributed by atoms with Crippen LogP contribution in [0.3, 0.4) is 0 Å². The summed E-state index contributed by atoms with van der Waals surface area (Å²) in [5.74, 6) is -0.427. The molecule has 0 spiro atoms. The quantitative estimate of drug-likeness (QED) is 0.750. The molecule has 27 heavy (non-hydrogen) atoms. The van der Waals surface area contributed by atoms with Crippen molar-refractivity contribution in [3.05, 3.63) is 47.7 Å². The van der Waals surface area contributed by atoms with E-state index in [1.54, 1.807) is 6.07 Å². The second-order valence-corrected chi connectivity index (χ2v) is 5.36. The Balaban J connectivity index is 1.95. The summed E-state index contributed by atoms with van der Waals surface area (Å²) in [4.78, 5) is 16.2. The molecule has 0 saturated heterocycles. The number of nitrogens with zero attached hydrogens (tertiary/aromatic N) is 3. The van der Waals surface area contributed by atoms with Crippen LogP contribution in [0, 0.1) is 0 Å². The fourth-order valence-corrected chi connectivity index (χ4v) is 2.41. The number of nitrogens with one attached hydrogen (secondary N) is 1. The minimum Gasteiger partial charge on any atom is -0.479 e. The molecule has 2 aromatic heterocycles. The Morgan fingerprint density at radius 2 is 1.67 bits per heavy atom. The second kappa shape index (κ2) is 7.06. The highest BCUT2D eigenvalue weighted by Crippen LogP contribution is 2.31. The van der Waals surface area contributed by atoms with Gasteiger partial charge in [0.25, 0.3) is 5.91 Å². The minimum absolute atomic E-state index is 0.176. The van der Waals surface area contributed by atoms with Gasteiger partial charge >= 0.3 is 6.18 Å². The van der Waals surface area contributed by atoms with Crippen LogP contribution in [0.25, 0.3) is 10.8 Å². The van der Waals surface area contributed by atoms with E-state index in [4.69, 9.17) is 9.47 Å². The summed E-state index contributed by atoms with van der Waals surface area (Å²) in [5, 5.41) is 11.1. The molecule has 1 amide bonds. The van der Waals surface area contributed by atoms with Crippen molar-refractivity contribution in [1.29, 1.82) is 0 Å². The molecule has 1 N–H and O–H groups in total. The van der Waals surface area contributed by atoms with Gasteiger partial charge in [-0.25, -0.2) is 4.98 Å². The first-order valence-corrected chi connectivity index (χ1v) is 7.56. The molecule has 0 aliphatic carbocycles. The lowest BCUT2D eigenvalue weighted by Crippen LogP contribution is -2.14. The van der Waals surface area contributed by atoms with Gasteiger partial charge in [0, 0.05) is 11.8 Å². The molecule has 140 valence electrons. The largest absolute Gasteiger partial charge is 0.479 e. The molecule has 0 fully saturated rings. The van der Waals surface area contributed by atoms with E-state index in [9.17, 15) is 18.0 Å². The zero-order valence-corrected chi connectivity index (χ0v) is 14.2. The molecule has 0 bridgehead atoms. The molecule has 0 aliphatic heterocycles. The third kappa shape index (κ3) is 3.73. The molecule has 0 atom stereocenters. The summed E-state index contributed by atoms with van der Waals surface area (Å²) in [5.41, 5.74) is -0.733. The minimum atomic E-state index is -4.53. The average Bonchev–Trinajstić information content (AvgIpc) is 2.66. The molecule has 0 aliphatic rings. The third-order valence-electron chi connectivity index (χ3n) is 3.69. The number of amides is 1. The van der Waals surface area contributed by atoms with Crippen molar-refractivity contribution in [2.24, 2.45) is 0 Å². The maximum atomic E-state index is 12.8. The maximum Gasteiger partial charge on any atom is 0.416 e. The zero-order chi connectivity index (χ0) is 19.6. The van der Waals surface area contributed by atoms with Gasteiger partial charge in [-0.05, 0) is 30.3 Å². The number of benzene rings is 1. The summed E-state index contributed by atoms with van der Waals surface area (Å²) in [7, 11) is 2.82. The van der Waals surface area contributed by atoms with Gasteiger partial charge in [0.15, 0.2) is 0 Å². The molecule has 2 heterocycles. The number of alkyl halides is 3. The van der Waals surface area contributed by atoms with Crippen molar-refractivity contribution < 1.29 is 27.4 Å². The lowest BCUT2D eigenvalue weighted by atomic mass is 10.1. The second-order valence-electron chi connectivity index (χ2n) is 5.36. The number of carbonyl (C=O) groups is 1. The number of methoxy groups -OCH3 is 2. The van der Waals surface area contributed by atoms with Crippen molar-refractivity contribution in [1.82, 2.24) is 15.2 Å². The van der Waals surface area contributed by atoms with Crippen molar-refractivity contribution in [3.8, 4) is 11.8 Å². The van der Waals surface area contributed by atoms with Crippen LogP contribution in [0.4, 0.5) is 19.0 Å². The number of fused-ring (bicyclic) bond motifs is 1. The number of halogens is 3. The Morgan fingerprint density at radius 1 is 1.00 bits per heavy atom. The summed E-state index contributed by atoms with van der Waals surface area (Å²) < 4.78 is 48.6. The van der Waals surface area contributed by atoms with Crippen LogP contribution in [-0.4, -0.2) is 35.3 Å². The highest BCUT2D eigenvalue weighted by Gasteiger charge is 2.30. The number of anilines is 1. The normalized spacial score (nSPS) is 11.3. The van der Waals surface area contributed by atoms with Crippen molar-refractivity contribution in [2.75, 3.05) is 19.5 Å². The number of ether oxygens (including phenoxy) is 2. The smallest absolute Gasteiger partial charge is 0.416 e. The van der Waals surface area contributed by atoms with Gasteiger partial charge in [-0.2, -0.15) is 13.2 Å². The van der Waals surface area contributed by atoms with Gasteiger partial charge in [0.05, 0.1) is 30.6 Å². The number of aromatic nitrogens is 3. The van der Waals surface area contributed by atoms with Gasteiger partial charge in [-0.15, -0.1) is 10.2 Å². The lowest BCUT2D eigenvalue weighted by Gasteiger charge is -2.10. The fraction of sp³-hybridized carbons (Fsp3) is 0.176. The average molecular weight is 378 g/mol. The first-order chi connectivity index (χ1) is 12.8. The van der Waals surface area contributed by atoms with E-state index < -0.39 is 17.6 Å². The van der Waals surface area contributed by atoms with E-state index in [0.29, 0.717) is 10.8 Å². The number of hydrogen-bond acceptors (Lipinski definition) is 6. The van der Waals surface area contributed by atoms with Crippen molar-refractivity contribution >= 4 is 22.5 Å². The summed E-state index contributed by atoms with van der Waals surface area (Å²) in [6.45, 7) is 0. The van der Waals surface area contributed by atoms with E-state index in [0.717, 1.165) is 18.3 Å². The van der Waals surface area contributed by atoms with Crippen LogP contribution in [0.15, 0.2) is 36.5 Å². The molecular weight excluding hydrogens is 365 g/mol. The van der Waals surface area contributed by atoms with Gasteiger partial charge < -0.3 is 14.8 Å². The first kappa shape index (κ1) is 18.4. The van der Waals surface area contributed by atoms with Gasteiger partial charge in [-0.3, -0.25) is 4.79 Å².